The molecular formula is C17H19ClN2O. The second-order valence-corrected chi connectivity index (χ2v) is 5.33. The van der Waals surface area contributed by atoms with E-state index in [1.165, 1.54) is 0 Å². The molecule has 0 aliphatic rings. The van der Waals surface area contributed by atoms with Crippen molar-refractivity contribution in [2.24, 2.45) is 5.73 Å². The molecule has 2 aromatic carbocycles. The normalized spacial score (nSPS) is 11.9. The van der Waals surface area contributed by atoms with Crippen molar-refractivity contribution in [1.29, 1.82) is 0 Å². The van der Waals surface area contributed by atoms with Gasteiger partial charge in [0.05, 0.1) is 0 Å². The van der Waals surface area contributed by atoms with Crippen molar-refractivity contribution in [1.82, 2.24) is 5.32 Å². The lowest BCUT2D eigenvalue weighted by molar-refractivity contribution is -0.121. The first-order valence-electron chi connectivity index (χ1n) is 6.97. The summed E-state index contributed by atoms with van der Waals surface area (Å²) >= 11 is 6.04. The maximum atomic E-state index is 11.9. The molecule has 1 amide bonds. The number of nitrogens with one attached hydrogen (secondary N) is 1. The van der Waals surface area contributed by atoms with E-state index in [0.717, 1.165) is 11.1 Å². The Hall–Kier alpha value is -1.84. The molecule has 1 atom stereocenters. The summed E-state index contributed by atoms with van der Waals surface area (Å²) < 4.78 is 0. The van der Waals surface area contributed by atoms with Crippen LogP contribution in [0.5, 0.6) is 0 Å². The van der Waals surface area contributed by atoms with Gasteiger partial charge in [0.1, 0.15) is 0 Å². The molecule has 0 aliphatic carbocycles. The zero-order valence-corrected chi connectivity index (χ0v) is 12.5. The van der Waals surface area contributed by atoms with Gasteiger partial charge >= 0.3 is 0 Å². The first kappa shape index (κ1) is 15.5. The second-order valence-electron chi connectivity index (χ2n) is 4.92. The van der Waals surface area contributed by atoms with Gasteiger partial charge in [-0.25, -0.2) is 0 Å². The van der Waals surface area contributed by atoms with Crippen LogP contribution in [0.3, 0.4) is 0 Å². The van der Waals surface area contributed by atoms with Crippen molar-refractivity contribution < 1.29 is 4.79 Å². The fraction of sp³-hybridized carbons (Fsp3) is 0.235. The van der Waals surface area contributed by atoms with Crippen LogP contribution in [0.25, 0.3) is 0 Å². The minimum atomic E-state index is -0.114. The lowest BCUT2D eigenvalue weighted by atomic mass is 10.0. The molecule has 0 saturated heterocycles. The Morgan fingerprint density at radius 3 is 2.48 bits per heavy atom. The molecule has 2 rings (SSSR count). The maximum Gasteiger partial charge on any atom is 0.220 e. The highest BCUT2D eigenvalue weighted by atomic mass is 35.5. The van der Waals surface area contributed by atoms with Gasteiger partial charge < -0.3 is 11.1 Å². The first-order valence-corrected chi connectivity index (χ1v) is 7.35. The molecular weight excluding hydrogens is 284 g/mol. The van der Waals surface area contributed by atoms with Crippen molar-refractivity contribution in [2.45, 2.75) is 25.4 Å². The number of carbonyl (C=O) groups is 1. The minimum absolute atomic E-state index is 0.0127. The van der Waals surface area contributed by atoms with Gasteiger partial charge in [-0.15, -0.1) is 0 Å². The van der Waals surface area contributed by atoms with Gasteiger partial charge in [-0.2, -0.15) is 0 Å². The average molecular weight is 303 g/mol. The van der Waals surface area contributed by atoms with E-state index in [1.807, 2.05) is 54.6 Å². The Morgan fingerprint density at radius 1 is 1.10 bits per heavy atom. The second kappa shape index (κ2) is 7.81. The summed E-state index contributed by atoms with van der Waals surface area (Å²) in [5.41, 5.74) is 8.04. The molecule has 2 aromatic rings. The minimum Gasteiger partial charge on any atom is -0.352 e. The Kier molecular flexibility index (Phi) is 5.78. The van der Waals surface area contributed by atoms with Gasteiger partial charge in [0.25, 0.3) is 0 Å². The number of nitrogens with two attached hydrogens (primary N) is 1. The van der Waals surface area contributed by atoms with E-state index in [2.05, 4.69) is 5.32 Å². The zero-order valence-electron chi connectivity index (χ0n) is 11.8. The summed E-state index contributed by atoms with van der Waals surface area (Å²) in [6.45, 7) is 0.444. The summed E-state index contributed by atoms with van der Waals surface area (Å²) in [5.74, 6) is -0.0127. The summed E-state index contributed by atoms with van der Waals surface area (Å²) in [6, 6.07) is 17.2. The van der Waals surface area contributed by atoms with E-state index in [4.69, 9.17) is 17.3 Å². The number of carbonyl (C=O) groups excluding carboxylic acids is 1. The fourth-order valence-corrected chi connectivity index (χ4v) is 2.28. The van der Waals surface area contributed by atoms with Crippen LogP contribution in [0.1, 0.15) is 30.0 Å². The van der Waals surface area contributed by atoms with Gasteiger partial charge in [-0.1, -0.05) is 60.1 Å². The van der Waals surface area contributed by atoms with Crippen LogP contribution in [-0.2, 0) is 11.3 Å². The highest BCUT2D eigenvalue weighted by molar-refractivity contribution is 6.31. The monoisotopic (exact) mass is 302 g/mol. The largest absolute Gasteiger partial charge is 0.352 e. The van der Waals surface area contributed by atoms with E-state index in [-0.39, 0.29) is 11.9 Å². The molecule has 0 radical (unpaired) electrons. The number of hydrogen-bond donors (Lipinski definition) is 2. The third-order valence-electron chi connectivity index (χ3n) is 3.34. The maximum absolute atomic E-state index is 11.9. The summed E-state index contributed by atoms with van der Waals surface area (Å²) in [6.07, 6.45) is 1.03. The Bertz CT molecular complexity index is 586. The lowest BCUT2D eigenvalue weighted by Gasteiger charge is -2.12. The fourth-order valence-electron chi connectivity index (χ4n) is 2.08. The van der Waals surface area contributed by atoms with Gasteiger partial charge in [0.2, 0.25) is 5.91 Å². The first-order chi connectivity index (χ1) is 10.2. The number of amides is 1. The Labute approximate surface area is 130 Å². The third kappa shape index (κ3) is 4.88. The Balaban J connectivity index is 1.76. The number of hydrogen-bond acceptors (Lipinski definition) is 2. The van der Waals surface area contributed by atoms with Crippen molar-refractivity contribution in [3.8, 4) is 0 Å². The highest BCUT2D eigenvalue weighted by Gasteiger charge is 2.09. The molecule has 4 heteroatoms. The molecule has 0 aliphatic heterocycles. The molecule has 1 unspecified atom stereocenters. The smallest absolute Gasteiger partial charge is 0.220 e. The zero-order chi connectivity index (χ0) is 15.1. The molecule has 3 nitrogen and oxygen atoms in total. The number of halogens is 1. The van der Waals surface area contributed by atoms with E-state index < -0.39 is 0 Å². The van der Waals surface area contributed by atoms with Crippen LogP contribution in [0.4, 0.5) is 0 Å². The standard InChI is InChI=1S/C17H19ClN2O/c18-15-9-5-4-8-14(15)12-20-17(21)11-10-16(19)13-6-2-1-3-7-13/h1-9,16H,10-12,19H2,(H,20,21). The van der Waals surface area contributed by atoms with Crippen LogP contribution in [0, 0.1) is 0 Å². The molecule has 21 heavy (non-hydrogen) atoms. The molecule has 3 N–H and O–H groups in total. The van der Waals surface area contributed by atoms with Gasteiger partial charge in [-0.05, 0) is 23.6 Å². The van der Waals surface area contributed by atoms with Gasteiger partial charge in [0.15, 0.2) is 0 Å². The Morgan fingerprint density at radius 2 is 1.76 bits per heavy atom. The molecule has 0 fully saturated rings. The number of benzene rings is 2. The number of rotatable bonds is 6. The van der Waals surface area contributed by atoms with Crippen LogP contribution in [0.15, 0.2) is 54.6 Å². The molecule has 0 aromatic heterocycles. The van der Waals surface area contributed by atoms with Crippen molar-refractivity contribution in [2.75, 3.05) is 0 Å². The van der Waals surface area contributed by atoms with Crippen LogP contribution in [0.2, 0.25) is 5.02 Å². The van der Waals surface area contributed by atoms with Crippen molar-refractivity contribution >= 4 is 17.5 Å². The summed E-state index contributed by atoms with van der Waals surface area (Å²) in [7, 11) is 0. The van der Waals surface area contributed by atoms with Crippen LogP contribution < -0.4 is 11.1 Å². The van der Waals surface area contributed by atoms with E-state index in [9.17, 15) is 4.79 Å². The quantitative estimate of drug-likeness (QED) is 0.859. The molecule has 0 spiro atoms. The average Bonchev–Trinajstić information content (AvgIpc) is 2.52. The van der Waals surface area contributed by atoms with Crippen molar-refractivity contribution in [3.05, 3.63) is 70.7 Å². The van der Waals surface area contributed by atoms with Crippen molar-refractivity contribution in [3.63, 3.8) is 0 Å². The predicted octanol–water partition coefficient (Wildman–Crippen LogP) is 3.44. The highest BCUT2D eigenvalue weighted by Crippen LogP contribution is 2.16. The molecule has 0 heterocycles. The van der Waals surface area contributed by atoms with E-state index in [1.54, 1.807) is 0 Å². The SMILES string of the molecule is NC(CCC(=O)NCc1ccccc1Cl)c1ccccc1. The molecule has 110 valence electrons. The molecule has 0 saturated carbocycles. The topological polar surface area (TPSA) is 55.1 Å². The third-order valence-corrected chi connectivity index (χ3v) is 3.71. The summed E-state index contributed by atoms with van der Waals surface area (Å²) in [4.78, 5) is 11.9. The lowest BCUT2D eigenvalue weighted by Crippen LogP contribution is -2.24. The summed E-state index contributed by atoms with van der Waals surface area (Å²) in [5, 5.41) is 3.53. The van der Waals surface area contributed by atoms with Crippen LogP contribution >= 0.6 is 11.6 Å². The van der Waals surface area contributed by atoms with Gasteiger partial charge in [0, 0.05) is 24.0 Å². The predicted molar refractivity (Wildman–Crippen MR) is 85.9 cm³/mol. The van der Waals surface area contributed by atoms with E-state index in [0.29, 0.717) is 24.4 Å². The van der Waals surface area contributed by atoms with E-state index >= 15 is 0 Å². The van der Waals surface area contributed by atoms with Crippen LogP contribution in [-0.4, -0.2) is 5.91 Å². The molecule has 0 bridgehead atoms. The van der Waals surface area contributed by atoms with Gasteiger partial charge in [-0.3, -0.25) is 4.79 Å².